The van der Waals surface area contributed by atoms with Crippen LogP contribution in [0.2, 0.25) is 0 Å². The molecule has 0 heterocycles. The largest absolute Gasteiger partial charge is 0.352 e. The van der Waals surface area contributed by atoms with Gasteiger partial charge in [-0.05, 0) is 62.9 Å². The zero-order chi connectivity index (χ0) is 29.4. The molecule has 2 amide bonds. The zero-order valence-corrected chi connectivity index (χ0v) is 25.1. The summed E-state index contributed by atoms with van der Waals surface area (Å²) in [6.45, 7) is 5.56. The van der Waals surface area contributed by atoms with Crippen molar-refractivity contribution in [2.75, 3.05) is 10.8 Å². The number of hydrogen-bond donors (Lipinski definition) is 1. The predicted molar refractivity (Wildman–Crippen MR) is 163 cm³/mol. The van der Waals surface area contributed by atoms with Crippen molar-refractivity contribution in [2.45, 2.75) is 82.8 Å². The van der Waals surface area contributed by atoms with E-state index in [0.717, 1.165) is 46.7 Å². The van der Waals surface area contributed by atoms with Gasteiger partial charge >= 0.3 is 0 Å². The lowest BCUT2D eigenvalue weighted by molar-refractivity contribution is -0.140. The molecule has 0 aliphatic heterocycles. The van der Waals surface area contributed by atoms with E-state index >= 15 is 0 Å². The SMILES string of the molecule is CC[C@@H](C(=O)NC1CCCCC1)N(Cc1cccc(C)c1)C(=O)CN(c1ccc(C)cc1)S(=O)(=O)c1ccccc1. The third-order valence-corrected chi connectivity index (χ3v) is 9.49. The van der Waals surface area contributed by atoms with E-state index in [0.29, 0.717) is 12.1 Å². The number of sulfonamides is 1. The third-order valence-electron chi connectivity index (χ3n) is 7.70. The minimum Gasteiger partial charge on any atom is -0.352 e. The van der Waals surface area contributed by atoms with Crippen LogP contribution in [0, 0.1) is 13.8 Å². The maximum atomic E-state index is 14.2. The summed E-state index contributed by atoms with van der Waals surface area (Å²) in [4.78, 5) is 29.5. The van der Waals surface area contributed by atoms with E-state index in [1.54, 1.807) is 35.2 Å². The van der Waals surface area contributed by atoms with Crippen molar-refractivity contribution in [3.8, 4) is 0 Å². The van der Waals surface area contributed by atoms with E-state index in [9.17, 15) is 18.0 Å². The molecule has 4 rings (SSSR count). The summed E-state index contributed by atoms with van der Waals surface area (Å²) in [5.74, 6) is -0.620. The molecule has 1 fully saturated rings. The highest BCUT2D eigenvalue weighted by Crippen LogP contribution is 2.25. The Balaban J connectivity index is 1.69. The van der Waals surface area contributed by atoms with Crippen molar-refractivity contribution in [1.82, 2.24) is 10.2 Å². The molecule has 0 bridgehead atoms. The first-order valence-electron chi connectivity index (χ1n) is 14.5. The molecule has 8 heteroatoms. The highest BCUT2D eigenvalue weighted by molar-refractivity contribution is 7.92. The quantitative estimate of drug-likeness (QED) is 0.315. The van der Waals surface area contributed by atoms with Crippen LogP contribution in [0.1, 0.15) is 62.1 Å². The average Bonchev–Trinajstić information content (AvgIpc) is 2.97. The van der Waals surface area contributed by atoms with Crippen molar-refractivity contribution in [1.29, 1.82) is 0 Å². The number of rotatable bonds is 11. The maximum absolute atomic E-state index is 14.2. The van der Waals surface area contributed by atoms with E-state index in [4.69, 9.17) is 0 Å². The molecule has 1 aliphatic rings. The van der Waals surface area contributed by atoms with Gasteiger partial charge in [0, 0.05) is 12.6 Å². The molecule has 0 unspecified atom stereocenters. The lowest BCUT2D eigenvalue weighted by Crippen LogP contribution is -2.54. The van der Waals surface area contributed by atoms with Crippen molar-refractivity contribution in [2.24, 2.45) is 0 Å². The highest BCUT2D eigenvalue weighted by atomic mass is 32.2. The van der Waals surface area contributed by atoms with Crippen LogP contribution in [-0.4, -0.2) is 43.8 Å². The first kappa shape index (κ1) is 30.3. The number of carbonyl (C=O) groups excluding carboxylic acids is 2. The second-order valence-electron chi connectivity index (χ2n) is 10.9. The van der Waals surface area contributed by atoms with Gasteiger partial charge in [0.05, 0.1) is 10.6 Å². The molecule has 0 spiro atoms. The number of benzene rings is 3. The molecule has 0 saturated heterocycles. The normalized spacial score (nSPS) is 14.7. The van der Waals surface area contributed by atoms with Crippen LogP contribution in [-0.2, 0) is 26.2 Å². The number of hydrogen-bond acceptors (Lipinski definition) is 4. The van der Waals surface area contributed by atoms with Gasteiger partial charge in [0.25, 0.3) is 10.0 Å². The van der Waals surface area contributed by atoms with Crippen LogP contribution >= 0.6 is 0 Å². The molecule has 1 saturated carbocycles. The first-order chi connectivity index (χ1) is 19.7. The minimum absolute atomic E-state index is 0.0979. The summed E-state index contributed by atoms with van der Waals surface area (Å²) in [5.41, 5.74) is 3.30. The summed E-state index contributed by atoms with van der Waals surface area (Å²) < 4.78 is 28.9. The van der Waals surface area contributed by atoms with Gasteiger partial charge < -0.3 is 10.2 Å². The fourth-order valence-electron chi connectivity index (χ4n) is 5.43. The molecule has 3 aromatic rings. The Hall–Kier alpha value is -3.65. The van der Waals surface area contributed by atoms with E-state index in [1.165, 1.54) is 18.6 Å². The van der Waals surface area contributed by atoms with Gasteiger partial charge in [0.15, 0.2) is 0 Å². The molecule has 1 atom stereocenters. The van der Waals surface area contributed by atoms with Crippen molar-refractivity contribution in [3.63, 3.8) is 0 Å². The number of amides is 2. The average molecular weight is 576 g/mol. The second-order valence-corrected chi connectivity index (χ2v) is 12.8. The molecule has 3 aromatic carbocycles. The lowest BCUT2D eigenvalue weighted by atomic mass is 9.95. The number of nitrogens with zero attached hydrogens (tertiary/aromatic N) is 2. The second kappa shape index (κ2) is 13.8. The number of nitrogens with one attached hydrogen (secondary N) is 1. The molecule has 0 radical (unpaired) electrons. The smallest absolute Gasteiger partial charge is 0.264 e. The van der Waals surface area contributed by atoms with Gasteiger partial charge in [-0.15, -0.1) is 0 Å². The Labute approximate surface area is 244 Å². The van der Waals surface area contributed by atoms with Crippen molar-refractivity contribution < 1.29 is 18.0 Å². The Bertz CT molecular complexity index is 1420. The fourth-order valence-corrected chi connectivity index (χ4v) is 6.87. The summed E-state index contributed by atoms with van der Waals surface area (Å²) in [6, 6.07) is 22.4. The van der Waals surface area contributed by atoms with Gasteiger partial charge in [0.2, 0.25) is 11.8 Å². The summed E-state index contributed by atoms with van der Waals surface area (Å²) in [7, 11) is -4.07. The van der Waals surface area contributed by atoms with E-state index < -0.39 is 28.5 Å². The van der Waals surface area contributed by atoms with Gasteiger partial charge in [0.1, 0.15) is 12.6 Å². The zero-order valence-electron chi connectivity index (χ0n) is 24.3. The molecule has 7 nitrogen and oxygen atoms in total. The molecule has 218 valence electrons. The van der Waals surface area contributed by atoms with Crippen LogP contribution in [0.15, 0.2) is 83.8 Å². The van der Waals surface area contributed by atoms with Crippen LogP contribution in [0.25, 0.3) is 0 Å². The summed E-state index contributed by atoms with van der Waals surface area (Å²) in [6.07, 6.45) is 5.61. The monoisotopic (exact) mass is 575 g/mol. The van der Waals surface area contributed by atoms with Gasteiger partial charge in [-0.2, -0.15) is 0 Å². The van der Waals surface area contributed by atoms with Gasteiger partial charge in [-0.1, -0.05) is 91.9 Å². The van der Waals surface area contributed by atoms with Crippen molar-refractivity contribution >= 4 is 27.5 Å². The summed E-state index contributed by atoms with van der Waals surface area (Å²) in [5, 5.41) is 3.19. The van der Waals surface area contributed by atoms with Crippen LogP contribution in [0.5, 0.6) is 0 Å². The Kier molecular flexibility index (Phi) is 10.2. The predicted octanol–water partition coefficient (Wildman–Crippen LogP) is 5.76. The van der Waals surface area contributed by atoms with Gasteiger partial charge in [-0.25, -0.2) is 8.42 Å². The third kappa shape index (κ3) is 7.76. The molecule has 1 aliphatic carbocycles. The van der Waals surface area contributed by atoms with E-state index in [2.05, 4.69) is 5.32 Å². The first-order valence-corrected chi connectivity index (χ1v) is 15.9. The minimum atomic E-state index is -4.07. The maximum Gasteiger partial charge on any atom is 0.264 e. The standard InChI is InChI=1S/C33H41N3O4S/c1-4-31(33(38)34-28-14-7-5-8-15-28)35(23-27-13-11-12-26(3)22-27)32(37)24-36(29-20-18-25(2)19-21-29)41(39,40)30-16-9-6-10-17-30/h6,9-13,16-22,28,31H,4-5,7-8,14-15,23-24H2,1-3H3,(H,34,38)/t31-/m0/s1. The molecule has 1 N–H and O–H groups in total. The number of aryl methyl sites for hydroxylation is 2. The van der Waals surface area contributed by atoms with Crippen LogP contribution in [0.4, 0.5) is 5.69 Å². The van der Waals surface area contributed by atoms with Crippen LogP contribution in [0.3, 0.4) is 0 Å². The molecular formula is C33H41N3O4S. The van der Waals surface area contributed by atoms with E-state index in [1.807, 2.05) is 57.2 Å². The molecular weight excluding hydrogens is 534 g/mol. The Morgan fingerprint density at radius 2 is 1.56 bits per heavy atom. The van der Waals surface area contributed by atoms with Gasteiger partial charge in [-0.3, -0.25) is 13.9 Å². The van der Waals surface area contributed by atoms with Crippen molar-refractivity contribution in [3.05, 3.63) is 95.6 Å². The fraction of sp³-hybridized carbons (Fsp3) is 0.394. The number of carbonyl (C=O) groups is 2. The Morgan fingerprint density at radius 3 is 2.20 bits per heavy atom. The lowest BCUT2D eigenvalue weighted by Gasteiger charge is -2.34. The van der Waals surface area contributed by atoms with E-state index in [-0.39, 0.29) is 23.4 Å². The summed E-state index contributed by atoms with van der Waals surface area (Å²) >= 11 is 0. The van der Waals surface area contributed by atoms with Crippen LogP contribution < -0.4 is 9.62 Å². The molecule has 0 aromatic heterocycles. The highest BCUT2D eigenvalue weighted by Gasteiger charge is 2.34. The topological polar surface area (TPSA) is 86.8 Å². The molecule has 41 heavy (non-hydrogen) atoms. The number of anilines is 1. The Morgan fingerprint density at radius 1 is 0.878 bits per heavy atom.